The van der Waals surface area contributed by atoms with E-state index >= 15 is 0 Å². The van der Waals surface area contributed by atoms with Crippen molar-refractivity contribution in [1.29, 1.82) is 0 Å². The third-order valence-electron chi connectivity index (χ3n) is 6.88. The van der Waals surface area contributed by atoms with E-state index in [1.807, 2.05) is 0 Å². The van der Waals surface area contributed by atoms with Crippen LogP contribution in [0.1, 0.15) is 58.3 Å². The molecule has 0 aromatic carbocycles. The van der Waals surface area contributed by atoms with Crippen LogP contribution in [0.25, 0.3) is 0 Å². The van der Waals surface area contributed by atoms with Gasteiger partial charge in [-0.15, -0.1) is 0 Å². The third-order valence-corrected chi connectivity index (χ3v) is 6.88. The van der Waals surface area contributed by atoms with E-state index in [0.29, 0.717) is 49.1 Å². The number of ketones is 2. The average Bonchev–Trinajstić information content (AvgIpc) is 2.74. The molecule has 3 unspecified atom stereocenters. The molecule has 0 spiro atoms. The van der Waals surface area contributed by atoms with Crippen molar-refractivity contribution in [3.8, 4) is 0 Å². The van der Waals surface area contributed by atoms with Crippen molar-refractivity contribution in [2.75, 3.05) is 0 Å². The molecule has 0 heterocycles. The van der Waals surface area contributed by atoms with Crippen molar-refractivity contribution in [3.63, 3.8) is 0 Å². The SMILES string of the molecule is C[C@]12C[C@@H](O)C3C4=C(CCC3C1CCC2=O)CC(=O)CC4. The molecule has 2 saturated carbocycles. The van der Waals surface area contributed by atoms with Gasteiger partial charge in [0.25, 0.3) is 0 Å². The van der Waals surface area contributed by atoms with E-state index in [-0.39, 0.29) is 11.3 Å². The third kappa shape index (κ3) is 1.82. The minimum atomic E-state index is -0.392. The quantitative estimate of drug-likeness (QED) is 0.697. The maximum atomic E-state index is 12.3. The standard InChI is InChI=1S/C18H24O3/c1-18-9-15(20)17-12-5-3-11(19)8-10(12)2-4-13(17)14(18)6-7-16(18)21/h13-15,17,20H,2-9H2,1H3/t13?,14?,15-,17?,18+/m1/s1. The molecule has 0 amide bonds. The zero-order chi connectivity index (χ0) is 14.8. The van der Waals surface area contributed by atoms with Crippen molar-refractivity contribution in [2.24, 2.45) is 23.2 Å². The van der Waals surface area contributed by atoms with E-state index in [4.69, 9.17) is 0 Å². The predicted molar refractivity (Wildman–Crippen MR) is 78.6 cm³/mol. The number of hydrogen-bond donors (Lipinski definition) is 1. The van der Waals surface area contributed by atoms with E-state index in [0.717, 1.165) is 25.7 Å². The highest BCUT2D eigenvalue weighted by Crippen LogP contribution is 2.59. The van der Waals surface area contributed by atoms with Gasteiger partial charge in [0.05, 0.1) is 6.10 Å². The molecular formula is C18H24O3. The molecule has 3 nitrogen and oxygen atoms in total. The Morgan fingerprint density at radius 2 is 1.90 bits per heavy atom. The minimum absolute atomic E-state index is 0.228. The molecule has 0 radical (unpaired) electrons. The molecule has 114 valence electrons. The zero-order valence-electron chi connectivity index (χ0n) is 12.7. The molecule has 0 aromatic heterocycles. The van der Waals surface area contributed by atoms with Gasteiger partial charge in [-0.25, -0.2) is 0 Å². The monoisotopic (exact) mass is 288 g/mol. The number of carbonyl (C=O) groups is 2. The second-order valence-electron chi connectivity index (χ2n) is 7.83. The van der Waals surface area contributed by atoms with Gasteiger partial charge in [-0.05, 0) is 43.9 Å². The summed E-state index contributed by atoms with van der Waals surface area (Å²) in [6, 6.07) is 0. The van der Waals surface area contributed by atoms with Gasteiger partial charge >= 0.3 is 0 Å². The van der Waals surface area contributed by atoms with Crippen LogP contribution < -0.4 is 0 Å². The Bertz CT molecular complexity index is 547. The summed E-state index contributed by atoms with van der Waals surface area (Å²) in [5.74, 6) is 1.86. The van der Waals surface area contributed by atoms with Crippen LogP contribution in [0.15, 0.2) is 11.1 Å². The number of allylic oxidation sites excluding steroid dienone is 1. The van der Waals surface area contributed by atoms with E-state index in [1.54, 1.807) is 0 Å². The van der Waals surface area contributed by atoms with Gasteiger partial charge in [-0.2, -0.15) is 0 Å². The molecule has 0 bridgehead atoms. The average molecular weight is 288 g/mol. The molecule has 4 aliphatic rings. The number of aliphatic hydroxyl groups excluding tert-OH is 1. The fraction of sp³-hybridized carbons (Fsp3) is 0.778. The number of hydrogen-bond acceptors (Lipinski definition) is 3. The summed E-state index contributed by atoms with van der Waals surface area (Å²) in [6.45, 7) is 2.08. The fourth-order valence-electron chi connectivity index (χ4n) is 5.90. The lowest BCUT2D eigenvalue weighted by Crippen LogP contribution is -2.50. The Kier molecular flexibility index (Phi) is 2.94. The highest BCUT2D eigenvalue weighted by Gasteiger charge is 2.58. The molecule has 0 saturated heterocycles. The lowest BCUT2D eigenvalue weighted by Gasteiger charge is -2.52. The molecular weight excluding hydrogens is 264 g/mol. The van der Waals surface area contributed by atoms with E-state index < -0.39 is 6.10 Å². The van der Waals surface area contributed by atoms with Gasteiger partial charge in [0, 0.05) is 30.6 Å². The summed E-state index contributed by atoms with van der Waals surface area (Å²) in [4.78, 5) is 24.0. The van der Waals surface area contributed by atoms with Crippen LogP contribution in [0.4, 0.5) is 0 Å². The predicted octanol–water partition coefficient (Wildman–Crippen LogP) is 2.81. The van der Waals surface area contributed by atoms with Crippen LogP contribution in [0, 0.1) is 23.2 Å². The lowest BCUT2D eigenvalue weighted by atomic mass is 9.53. The molecule has 21 heavy (non-hydrogen) atoms. The van der Waals surface area contributed by atoms with Crippen LogP contribution in [0.3, 0.4) is 0 Å². The largest absolute Gasteiger partial charge is 0.392 e. The van der Waals surface area contributed by atoms with Crippen LogP contribution >= 0.6 is 0 Å². The fourth-order valence-corrected chi connectivity index (χ4v) is 5.90. The van der Waals surface area contributed by atoms with Gasteiger partial charge in [-0.3, -0.25) is 9.59 Å². The first-order valence-electron chi connectivity index (χ1n) is 8.44. The van der Waals surface area contributed by atoms with Crippen LogP contribution in [-0.4, -0.2) is 22.8 Å². The Labute approximate surface area is 125 Å². The van der Waals surface area contributed by atoms with Gasteiger partial charge in [-0.1, -0.05) is 18.1 Å². The number of aliphatic hydroxyl groups is 1. The van der Waals surface area contributed by atoms with Crippen molar-refractivity contribution < 1.29 is 14.7 Å². The van der Waals surface area contributed by atoms with E-state index in [2.05, 4.69) is 6.92 Å². The van der Waals surface area contributed by atoms with E-state index in [1.165, 1.54) is 11.1 Å². The number of carbonyl (C=O) groups excluding carboxylic acids is 2. The topological polar surface area (TPSA) is 54.4 Å². The summed E-state index contributed by atoms with van der Waals surface area (Å²) >= 11 is 0. The van der Waals surface area contributed by atoms with Crippen molar-refractivity contribution in [1.82, 2.24) is 0 Å². The van der Waals surface area contributed by atoms with Crippen molar-refractivity contribution in [3.05, 3.63) is 11.1 Å². The molecule has 0 aromatic rings. The summed E-state index contributed by atoms with van der Waals surface area (Å²) < 4.78 is 0. The Hall–Kier alpha value is -0.960. The second-order valence-corrected chi connectivity index (χ2v) is 7.83. The van der Waals surface area contributed by atoms with Crippen LogP contribution in [0.5, 0.6) is 0 Å². The first kappa shape index (κ1) is 13.7. The highest BCUT2D eigenvalue weighted by molar-refractivity contribution is 5.87. The molecule has 4 rings (SSSR count). The summed E-state index contributed by atoms with van der Waals surface area (Å²) in [5, 5.41) is 10.8. The molecule has 4 aliphatic carbocycles. The lowest BCUT2D eigenvalue weighted by molar-refractivity contribution is -0.135. The highest BCUT2D eigenvalue weighted by atomic mass is 16.3. The van der Waals surface area contributed by atoms with E-state index in [9.17, 15) is 14.7 Å². The van der Waals surface area contributed by atoms with Crippen molar-refractivity contribution in [2.45, 2.75) is 64.4 Å². The normalized spacial score (nSPS) is 46.2. The van der Waals surface area contributed by atoms with Gasteiger partial charge in [0.15, 0.2) is 0 Å². The summed E-state index contributed by atoms with van der Waals surface area (Å²) in [6.07, 6.45) is 6.12. The molecule has 1 N–H and O–H groups in total. The smallest absolute Gasteiger partial charge is 0.139 e. The van der Waals surface area contributed by atoms with Gasteiger partial charge in [0.1, 0.15) is 11.6 Å². The Morgan fingerprint density at radius 1 is 1.10 bits per heavy atom. The Balaban J connectivity index is 1.72. The molecule has 5 atom stereocenters. The van der Waals surface area contributed by atoms with Gasteiger partial charge in [0.2, 0.25) is 0 Å². The maximum Gasteiger partial charge on any atom is 0.139 e. The Morgan fingerprint density at radius 3 is 2.71 bits per heavy atom. The second kappa shape index (κ2) is 4.52. The van der Waals surface area contributed by atoms with Crippen LogP contribution in [0.2, 0.25) is 0 Å². The van der Waals surface area contributed by atoms with Crippen molar-refractivity contribution >= 4 is 11.6 Å². The van der Waals surface area contributed by atoms with Crippen LogP contribution in [-0.2, 0) is 9.59 Å². The number of rotatable bonds is 0. The first-order valence-corrected chi connectivity index (χ1v) is 8.44. The molecule has 0 aliphatic heterocycles. The molecule has 3 heteroatoms. The number of fused-ring (bicyclic) bond motifs is 4. The molecule has 2 fully saturated rings. The number of Topliss-reactive ketones (excluding diaryl/α,β-unsaturated/α-hetero) is 2. The van der Waals surface area contributed by atoms with Gasteiger partial charge < -0.3 is 5.11 Å². The summed E-state index contributed by atoms with van der Waals surface area (Å²) in [5.41, 5.74) is 2.42. The zero-order valence-corrected chi connectivity index (χ0v) is 12.7. The minimum Gasteiger partial charge on any atom is -0.392 e. The maximum absolute atomic E-state index is 12.3. The first-order chi connectivity index (χ1) is 10.0. The summed E-state index contributed by atoms with van der Waals surface area (Å²) in [7, 11) is 0.